The van der Waals surface area contributed by atoms with E-state index < -0.39 is 17.8 Å². The average molecular weight is 285 g/mol. The lowest BCUT2D eigenvalue weighted by molar-refractivity contribution is -0.137. The Morgan fingerprint density at radius 2 is 2.22 bits per heavy atom. The van der Waals surface area contributed by atoms with Gasteiger partial charge in [-0.05, 0) is 6.07 Å². The van der Waals surface area contributed by atoms with E-state index in [4.69, 9.17) is 21.4 Å². The third-order valence-corrected chi connectivity index (χ3v) is 2.39. The Bertz CT molecular complexity index is 401. The second-order valence-electron chi connectivity index (χ2n) is 3.53. The van der Waals surface area contributed by atoms with E-state index in [0.29, 0.717) is 6.20 Å². The number of hydrogen-bond donors (Lipinski definition) is 2. The summed E-state index contributed by atoms with van der Waals surface area (Å²) in [6.45, 7) is -0.0810. The maximum atomic E-state index is 12.4. The van der Waals surface area contributed by atoms with Gasteiger partial charge in [0.15, 0.2) is 0 Å². The molecule has 0 aliphatic rings. The molecule has 0 aromatic carbocycles. The quantitative estimate of drug-likeness (QED) is 0.870. The lowest BCUT2D eigenvalue weighted by Crippen LogP contribution is -2.29. The van der Waals surface area contributed by atoms with Crippen LogP contribution in [0.25, 0.3) is 0 Å². The molecule has 2 N–H and O–H groups in total. The second-order valence-corrected chi connectivity index (χ2v) is 3.94. The number of nitrogens with one attached hydrogen (secondary N) is 1. The number of nitrogens with zero attached hydrogens (tertiary/aromatic N) is 1. The van der Waals surface area contributed by atoms with E-state index in [0.717, 1.165) is 6.07 Å². The summed E-state index contributed by atoms with van der Waals surface area (Å²) in [7, 11) is 1.44. The van der Waals surface area contributed by atoms with Gasteiger partial charge in [0.05, 0.1) is 29.8 Å². The Balaban J connectivity index is 2.85. The zero-order valence-corrected chi connectivity index (χ0v) is 10.2. The van der Waals surface area contributed by atoms with Gasteiger partial charge >= 0.3 is 6.18 Å². The molecule has 1 unspecified atom stereocenters. The molecule has 1 aromatic rings. The monoisotopic (exact) mass is 284 g/mol. The van der Waals surface area contributed by atoms with Gasteiger partial charge in [-0.2, -0.15) is 13.2 Å². The lowest BCUT2D eigenvalue weighted by atomic mass is 10.2. The Labute approximate surface area is 107 Å². The highest BCUT2D eigenvalue weighted by molar-refractivity contribution is 6.33. The fourth-order valence-electron chi connectivity index (χ4n) is 1.23. The van der Waals surface area contributed by atoms with E-state index in [9.17, 15) is 13.2 Å². The van der Waals surface area contributed by atoms with Crippen molar-refractivity contribution < 1.29 is 23.0 Å². The molecule has 0 radical (unpaired) electrons. The molecule has 18 heavy (non-hydrogen) atoms. The predicted octanol–water partition coefficient (Wildman–Crippen LogP) is 2.17. The Hall–Kier alpha value is -1.05. The van der Waals surface area contributed by atoms with Crippen LogP contribution in [0.2, 0.25) is 5.02 Å². The summed E-state index contributed by atoms with van der Waals surface area (Å²) < 4.78 is 41.9. The van der Waals surface area contributed by atoms with Gasteiger partial charge in [0.1, 0.15) is 5.82 Å². The lowest BCUT2D eigenvalue weighted by Gasteiger charge is -2.17. The number of pyridine rings is 1. The summed E-state index contributed by atoms with van der Waals surface area (Å²) in [5, 5.41) is 11.5. The van der Waals surface area contributed by atoms with E-state index >= 15 is 0 Å². The van der Waals surface area contributed by atoms with Crippen molar-refractivity contribution in [2.75, 3.05) is 25.6 Å². The van der Waals surface area contributed by atoms with Crippen molar-refractivity contribution in [1.29, 1.82) is 0 Å². The molecule has 1 atom stereocenters. The molecule has 102 valence electrons. The van der Waals surface area contributed by atoms with Crippen molar-refractivity contribution in [3.05, 3.63) is 22.8 Å². The highest BCUT2D eigenvalue weighted by atomic mass is 35.5. The highest BCUT2D eigenvalue weighted by Crippen LogP contribution is 2.32. The first-order chi connectivity index (χ1) is 8.38. The number of aliphatic hydroxyl groups excluding tert-OH is 1. The minimum absolute atomic E-state index is 0.0702. The van der Waals surface area contributed by atoms with Crippen molar-refractivity contribution in [3.63, 3.8) is 0 Å². The van der Waals surface area contributed by atoms with Crippen molar-refractivity contribution >= 4 is 17.4 Å². The van der Waals surface area contributed by atoms with Crippen LogP contribution in [0.15, 0.2) is 12.3 Å². The zero-order valence-electron chi connectivity index (χ0n) is 9.46. The van der Waals surface area contributed by atoms with Crippen LogP contribution < -0.4 is 5.32 Å². The van der Waals surface area contributed by atoms with Crippen LogP contribution in [-0.2, 0) is 10.9 Å². The Morgan fingerprint density at radius 3 is 2.67 bits per heavy atom. The molecule has 0 fully saturated rings. The summed E-state index contributed by atoms with van der Waals surface area (Å²) in [5.74, 6) is 0.0702. The number of rotatable bonds is 5. The van der Waals surface area contributed by atoms with E-state index in [1.54, 1.807) is 0 Å². The van der Waals surface area contributed by atoms with Gasteiger partial charge in [0, 0.05) is 13.3 Å². The molecule has 0 amide bonds. The molecule has 0 saturated carbocycles. The van der Waals surface area contributed by atoms with Crippen molar-refractivity contribution in [2.24, 2.45) is 0 Å². The number of aliphatic hydroxyl groups is 1. The largest absolute Gasteiger partial charge is 0.417 e. The summed E-state index contributed by atoms with van der Waals surface area (Å²) in [6.07, 6.45) is -3.81. The van der Waals surface area contributed by atoms with Gasteiger partial charge in [0.25, 0.3) is 0 Å². The van der Waals surface area contributed by atoms with Crippen LogP contribution in [0.1, 0.15) is 5.56 Å². The van der Waals surface area contributed by atoms with E-state index in [-0.39, 0.29) is 24.1 Å². The van der Waals surface area contributed by atoms with Gasteiger partial charge in [-0.25, -0.2) is 4.98 Å². The first-order valence-corrected chi connectivity index (χ1v) is 5.35. The molecule has 1 rings (SSSR count). The normalized spacial score (nSPS) is 13.4. The van der Waals surface area contributed by atoms with E-state index in [1.165, 1.54) is 7.11 Å². The Kier molecular flexibility index (Phi) is 5.18. The molecule has 1 aromatic heterocycles. The second kappa shape index (κ2) is 6.21. The molecular weight excluding hydrogens is 273 g/mol. The standard InChI is InChI=1S/C10H12ClF3N2O2/c1-18-5-7(4-17)16-9-8(11)2-6(3-15-9)10(12,13)14/h2-3,7,17H,4-5H2,1H3,(H,15,16). The first-order valence-electron chi connectivity index (χ1n) is 4.97. The van der Waals surface area contributed by atoms with Crippen molar-refractivity contribution in [3.8, 4) is 0 Å². The van der Waals surface area contributed by atoms with E-state index in [2.05, 4.69) is 10.3 Å². The topological polar surface area (TPSA) is 54.4 Å². The number of alkyl halides is 3. The summed E-state index contributed by atoms with van der Waals surface area (Å²) in [5.41, 5.74) is -0.926. The molecule has 0 bridgehead atoms. The molecule has 1 heterocycles. The van der Waals surface area contributed by atoms with Gasteiger partial charge < -0.3 is 15.2 Å². The third-order valence-electron chi connectivity index (χ3n) is 2.10. The predicted molar refractivity (Wildman–Crippen MR) is 60.6 cm³/mol. The number of hydrogen-bond acceptors (Lipinski definition) is 4. The smallest absolute Gasteiger partial charge is 0.394 e. The molecular formula is C10H12ClF3N2O2. The number of methoxy groups -OCH3 is 1. The van der Waals surface area contributed by atoms with E-state index in [1.807, 2.05) is 0 Å². The molecule has 4 nitrogen and oxygen atoms in total. The van der Waals surface area contributed by atoms with Crippen LogP contribution in [0.3, 0.4) is 0 Å². The third kappa shape index (κ3) is 4.01. The van der Waals surface area contributed by atoms with Crippen LogP contribution in [0.4, 0.5) is 19.0 Å². The number of halogens is 4. The van der Waals surface area contributed by atoms with Gasteiger partial charge in [-0.15, -0.1) is 0 Å². The Morgan fingerprint density at radius 1 is 1.56 bits per heavy atom. The fraction of sp³-hybridized carbons (Fsp3) is 0.500. The maximum Gasteiger partial charge on any atom is 0.417 e. The summed E-state index contributed by atoms with van der Waals surface area (Å²) >= 11 is 5.69. The first kappa shape index (κ1) is 15.0. The number of aromatic nitrogens is 1. The SMILES string of the molecule is COCC(CO)Nc1ncc(C(F)(F)F)cc1Cl. The summed E-state index contributed by atoms with van der Waals surface area (Å²) in [6, 6.07) is 0.287. The number of anilines is 1. The molecule has 8 heteroatoms. The van der Waals surface area contributed by atoms with Crippen molar-refractivity contribution in [2.45, 2.75) is 12.2 Å². The van der Waals surface area contributed by atoms with Crippen LogP contribution >= 0.6 is 11.6 Å². The van der Waals surface area contributed by atoms with Crippen LogP contribution in [0.5, 0.6) is 0 Å². The number of ether oxygens (including phenoxy) is 1. The highest BCUT2D eigenvalue weighted by Gasteiger charge is 2.31. The maximum absolute atomic E-state index is 12.4. The van der Waals surface area contributed by atoms with Crippen molar-refractivity contribution in [1.82, 2.24) is 4.98 Å². The molecule has 0 aliphatic heterocycles. The molecule has 0 spiro atoms. The molecule has 0 saturated heterocycles. The van der Waals surface area contributed by atoms with Crippen LogP contribution in [-0.4, -0.2) is 36.5 Å². The van der Waals surface area contributed by atoms with Gasteiger partial charge in [-0.3, -0.25) is 0 Å². The summed E-state index contributed by atoms with van der Waals surface area (Å²) in [4.78, 5) is 3.58. The minimum Gasteiger partial charge on any atom is -0.394 e. The van der Waals surface area contributed by atoms with Crippen LogP contribution in [0, 0.1) is 0 Å². The minimum atomic E-state index is -4.49. The zero-order chi connectivity index (χ0) is 13.8. The fourth-order valence-corrected chi connectivity index (χ4v) is 1.45. The van der Waals surface area contributed by atoms with Gasteiger partial charge in [-0.1, -0.05) is 11.6 Å². The average Bonchev–Trinajstić information content (AvgIpc) is 2.29. The van der Waals surface area contributed by atoms with Gasteiger partial charge in [0.2, 0.25) is 0 Å². The molecule has 0 aliphatic carbocycles.